The Morgan fingerprint density at radius 1 is 1.21 bits per heavy atom. The van der Waals surface area contributed by atoms with Crippen LogP contribution in [0.15, 0.2) is 0 Å². The van der Waals surface area contributed by atoms with Crippen molar-refractivity contribution in [1.82, 2.24) is 0 Å². The first-order valence-corrected chi connectivity index (χ1v) is 4.45. The second-order valence-electron chi connectivity index (χ2n) is 3.16. The predicted molar refractivity (Wildman–Crippen MR) is 49.5 cm³/mol. The number of Topliss-reactive ketones (excluding diaryl/α,β-unsaturated/α-hetero) is 1. The third-order valence-electron chi connectivity index (χ3n) is 2.49. The van der Waals surface area contributed by atoms with Crippen molar-refractivity contribution in [3.05, 3.63) is 0 Å². The first-order chi connectivity index (χ1) is 6.40. The normalized spacial score (nSPS) is 11.0. The van der Waals surface area contributed by atoms with Gasteiger partial charge in [-0.05, 0) is 12.8 Å². The van der Waals surface area contributed by atoms with Crippen molar-refractivity contribution >= 4 is 17.7 Å². The number of ketones is 1. The third kappa shape index (κ3) is 2.31. The number of carboxylic acids is 1. The number of carbonyl (C=O) groups is 3. The van der Waals surface area contributed by atoms with E-state index in [-0.39, 0.29) is 12.8 Å². The number of rotatable bonds is 6. The van der Waals surface area contributed by atoms with Crippen LogP contribution < -0.4 is 5.73 Å². The van der Waals surface area contributed by atoms with Crippen molar-refractivity contribution < 1.29 is 19.5 Å². The number of carboxylic acid groups (broad SMARTS) is 1. The summed E-state index contributed by atoms with van der Waals surface area (Å²) < 4.78 is 0. The Hall–Kier alpha value is -1.39. The highest BCUT2D eigenvalue weighted by Gasteiger charge is 2.42. The van der Waals surface area contributed by atoms with Gasteiger partial charge in [0.15, 0.2) is 5.78 Å². The zero-order chi connectivity index (χ0) is 11.4. The molecule has 5 heteroatoms. The average molecular weight is 201 g/mol. The third-order valence-corrected chi connectivity index (χ3v) is 2.49. The van der Waals surface area contributed by atoms with Gasteiger partial charge in [-0.2, -0.15) is 0 Å². The molecule has 0 aromatic carbocycles. The second kappa shape index (κ2) is 4.74. The number of hydrogen-bond acceptors (Lipinski definition) is 3. The number of nitrogens with two attached hydrogens (primary N) is 1. The van der Waals surface area contributed by atoms with Crippen LogP contribution in [0.1, 0.15) is 33.1 Å². The van der Waals surface area contributed by atoms with Crippen LogP contribution in [0.5, 0.6) is 0 Å². The van der Waals surface area contributed by atoms with Crippen molar-refractivity contribution in [2.75, 3.05) is 0 Å². The summed E-state index contributed by atoms with van der Waals surface area (Å²) in [4.78, 5) is 33.0. The van der Waals surface area contributed by atoms with Crippen LogP contribution in [0.25, 0.3) is 0 Å². The lowest BCUT2D eigenvalue weighted by Crippen LogP contribution is -2.40. The molecule has 0 saturated carbocycles. The van der Waals surface area contributed by atoms with Crippen LogP contribution in [-0.2, 0) is 14.4 Å². The largest absolute Gasteiger partial charge is 0.480 e. The molecule has 0 unspecified atom stereocenters. The second-order valence-corrected chi connectivity index (χ2v) is 3.16. The molecule has 14 heavy (non-hydrogen) atoms. The summed E-state index contributed by atoms with van der Waals surface area (Å²) in [5.41, 5.74) is 3.40. The quantitative estimate of drug-likeness (QED) is 0.605. The fourth-order valence-electron chi connectivity index (χ4n) is 1.39. The van der Waals surface area contributed by atoms with Gasteiger partial charge in [0.2, 0.25) is 5.91 Å². The maximum absolute atomic E-state index is 11.5. The molecular weight excluding hydrogens is 186 g/mol. The number of primary amides is 1. The molecule has 80 valence electrons. The molecule has 0 bridgehead atoms. The summed E-state index contributed by atoms with van der Waals surface area (Å²) in [7, 11) is 0. The van der Waals surface area contributed by atoms with E-state index in [2.05, 4.69) is 0 Å². The minimum absolute atomic E-state index is 0.172. The highest BCUT2D eigenvalue weighted by atomic mass is 16.4. The highest BCUT2D eigenvalue weighted by molar-refractivity contribution is 6.09. The number of aliphatic carboxylic acids is 1. The lowest BCUT2D eigenvalue weighted by atomic mass is 9.77. The van der Waals surface area contributed by atoms with Crippen molar-refractivity contribution in [1.29, 1.82) is 0 Å². The Bertz CT molecular complexity index is 256. The van der Waals surface area contributed by atoms with Crippen molar-refractivity contribution in [2.45, 2.75) is 33.1 Å². The average Bonchev–Trinajstić information content (AvgIpc) is 2.05. The molecule has 5 nitrogen and oxygen atoms in total. The van der Waals surface area contributed by atoms with E-state index in [9.17, 15) is 14.4 Å². The van der Waals surface area contributed by atoms with Crippen LogP contribution in [-0.4, -0.2) is 22.8 Å². The summed E-state index contributed by atoms with van der Waals surface area (Å²) in [6.07, 6.45) is -0.163. The van der Waals surface area contributed by atoms with E-state index in [1.165, 1.54) is 0 Å². The summed E-state index contributed by atoms with van der Waals surface area (Å²) in [6, 6.07) is 0. The lowest BCUT2D eigenvalue weighted by molar-refractivity contribution is -0.155. The molecular formula is C9H15NO4. The summed E-state index contributed by atoms with van der Waals surface area (Å²) >= 11 is 0. The molecule has 0 saturated heterocycles. The monoisotopic (exact) mass is 201 g/mol. The van der Waals surface area contributed by atoms with Gasteiger partial charge in [0.1, 0.15) is 5.41 Å². The van der Waals surface area contributed by atoms with Gasteiger partial charge in [-0.25, -0.2) is 0 Å². The molecule has 0 fully saturated rings. The fourth-order valence-corrected chi connectivity index (χ4v) is 1.39. The molecule has 0 spiro atoms. The molecule has 0 radical (unpaired) electrons. The van der Waals surface area contributed by atoms with Crippen molar-refractivity contribution in [3.8, 4) is 0 Å². The lowest BCUT2D eigenvalue weighted by Gasteiger charge is -2.24. The standard InChI is InChI=1S/C9H15NO4/c1-3-9(4-2,8(13)14)6(11)5-7(10)12/h3-5H2,1-2H3,(H2,10,12)(H,13,14). The number of carbonyl (C=O) groups excluding carboxylic acids is 2. The van der Waals surface area contributed by atoms with Gasteiger partial charge in [-0.1, -0.05) is 13.8 Å². The predicted octanol–water partition coefficient (Wildman–Crippen LogP) is 0.322. The minimum Gasteiger partial charge on any atom is -0.480 e. The van der Waals surface area contributed by atoms with Gasteiger partial charge in [-0.15, -0.1) is 0 Å². The summed E-state index contributed by atoms with van der Waals surface area (Å²) in [5.74, 6) is -2.58. The molecule has 0 atom stereocenters. The minimum atomic E-state index is -1.45. The maximum atomic E-state index is 11.5. The van der Waals surface area contributed by atoms with E-state index in [0.717, 1.165) is 0 Å². The van der Waals surface area contributed by atoms with Gasteiger partial charge >= 0.3 is 5.97 Å². The topological polar surface area (TPSA) is 97.5 Å². The molecule has 3 N–H and O–H groups in total. The zero-order valence-corrected chi connectivity index (χ0v) is 8.37. The first-order valence-electron chi connectivity index (χ1n) is 4.45. The van der Waals surface area contributed by atoms with E-state index in [1.807, 2.05) is 0 Å². The molecule has 0 aromatic rings. The fraction of sp³-hybridized carbons (Fsp3) is 0.667. The van der Waals surface area contributed by atoms with E-state index in [0.29, 0.717) is 0 Å². The number of amides is 1. The van der Waals surface area contributed by atoms with Crippen molar-refractivity contribution in [3.63, 3.8) is 0 Å². The van der Waals surface area contributed by atoms with E-state index >= 15 is 0 Å². The Labute approximate surface area is 82.3 Å². The molecule has 0 aliphatic rings. The Kier molecular flexibility index (Phi) is 4.27. The summed E-state index contributed by atoms with van der Waals surface area (Å²) in [6.45, 7) is 3.22. The molecule has 1 amide bonds. The molecule has 0 aliphatic heterocycles. The van der Waals surface area contributed by atoms with Gasteiger partial charge in [0.05, 0.1) is 6.42 Å². The SMILES string of the molecule is CCC(CC)(C(=O)O)C(=O)CC(N)=O. The first kappa shape index (κ1) is 12.6. The van der Waals surface area contributed by atoms with E-state index in [4.69, 9.17) is 10.8 Å². The van der Waals surface area contributed by atoms with Crippen LogP contribution in [0.2, 0.25) is 0 Å². The molecule has 0 rings (SSSR count). The zero-order valence-electron chi connectivity index (χ0n) is 8.37. The molecule has 0 aliphatic carbocycles. The van der Waals surface area contributed by atoms with Gasteiger partial charge < -0.3 is 10.8 Å². The molecule has 0 aromatic heterocycles. The van der Waals surface area contributed by atoms with Crippen LogP contribution in [0.4, 0.5) is 0 Å². The summed E-state index contributed by atoms with van der Waals surface area (Å²) in [5, 5.41) is 8.93. The van der Waals surface area contributed by atoms with Gasteiger partial charge in [0, 0.05) is 0 Å². The number of hydrogen-bond donors (Lipinski definition) is 2. The van der Waals surface area contributed by atoms with Crippen LogP contribution in [0.3, 0.4) is 0 Å². The van der Waals surface area contributed by atoms with Crippen LogP contribution in [0, 0.1) is 5.41 Å². The maximum Gasteiger partial charge on any atom is 0.317 e. The van der Waals surface area contributed by atoms with E-state index in [1.54, 1.807) is 13.8 Å². The Balaban J connectivity index is 4.90. The van der Waals surface area contributed by atoms with Gasteiger partial charge in [-0.3, -0.25) is 14.4 Å². The molecule has 0 heterocycles. The Morgan fingerprint density at radius 2 is 1.64 bits per heavy atom. The van der Waals surface area contributed by atoms with Gasteiger partial charge in [0.25, 0.3) is 0 Å². The Morgan fingerprint density at radius 3 is 1.86 bits per heavy atom. The van der Waals surface area contributed by atoms with E-state index < -0.39 is 29.5 Å². The smallest absolute Gasteiger partial charge is 0.317 e. The van der Waals surface area contributed by atoms with Crippen molar-refractivity contribution in [2.24, 2.45) is 11.1 Å². The highest BCUT2D eigenvalue weighted by Crippen LogP contribution is 2.29. The van der Waals surface area contributed by atoms with Crippen LogP contribution >= 0.6 is 0 Å².